The number of carbonyl (C=O) groups is 1. The molecule has 0 saturated heterocycles. The topological polar surface area (TPSA) is 37.3 Å². The Morgan fingerprint density at radius 1 is 1.00 bits per heavy atom. The highest BCUT2D eigenvalue weighted by Crippen LogP contribution is 2.25. The monoisotopic (exact) mass is 302 g/mol. The van der Waals surface area contributed by atoms with Crippen molar-refractivity contribution in [3.05, 3.63) is 47.1 Å². The number of hydrogen-bond acceptors (Lipinski definition) is 1. The summed E-state index contributed by atoms with van der Waals surface area (Å²) >= 11 is 0. The summed E-state index contributed by atoms with van der Waals surface area (Å²) in [6.45, 7) is 10.3. The lowest BCUT2D eigenvalue weighted by Crippen LogP contribution is -2.11. The fourth-order valence-electron chi connectivity index (χ4n) is 2.75. The van der Waals surface area contributed by atoms with Crippen molar-refractivity contribution in [1.29, 1.82) is 0 Å². The van der Waals surface area contributed by atoms with Gasteiger partial charge in [0.25, 0.3) is 0 Å². The molecule has 0 unspecified atom stereocenters. The van der Waals surface area contributed by atoms with Gasteiger partial charge in [-0.2, -0.15) is 0 Å². The highest BCUT2D eigenvalue weighted by molar-refractivity contribution is 5.86. The summed E-state index contributed by atoms with van der Waals surface area (Å²) in [4.78, 5) is 11.2. The highest BCUT2D eigenvalue weighted by atomic mass is 16.4. The third-order valence-corrected chi connectivity index (χ3v) is 4.47. The van der Waals surface area contributed by atoms with Crippen molar-refractivity contribution < 1.29 is 9.90 Å². The average molecular weight is 302 g/mol. The van der Waals surface area contributed by atoms with Gasteiger partial charge in [0.1, 0.15) is 0 Å². The zero-order chi connectivity index (χ0) is 16.5. The number of rotatable bonds is 2. The number of allylic oxidation sites excluding steroid dienone is 6. The summed E-state index contributed by atoms with van der Waals surface area (Å²) in [6.07, 6.45) is 13.8. The van der Waals surface area contributed by atoms with Crippen molar-refractivity contribution in [3.63, 3.8) is 0 Å². The van der Waals surface area contributed by atoms with Gasteiger partial charge in [0.15, 0.2) is 0 Å². The molecule has 1 aliphatic rings. The molecule has 1 aliphatic carbocycles. The lowest BCUT2D eigenvalue weighted by molar-refractivity contribution is -0.133. The number of carboxylic acid groups (broad SMARTS) is 1. The van der Waals surface area contributed by atoms with Gasteiger partial charge in [-0.15, -0.1) is 0 Å². The largest absolute Gasteiger partial charge is 0.478 e. The van der Waals surface area contributed by atoms with Crippen LogP contribution in [0, 0.1) is 5.92 Å². The number of hydrogen-bond donors (Lipinski definition) is 1. The maximum Gasteiger partial charge on any atom is 0.331 e. The van der Waals surface area contributed by atoms with E-state index in [-0.39, 0.29) is 5.92 Å². The normalized spacial score (nSPS) is 29.0. The van der Waals surface area contributed by atoms with Gasteiger partial charge in [-0.1, -0.05) is 41.5 Å². The molecule has 0 saturated carbocycles. The van der Waals surface area contributed by atoms with E-state index in [2.05, 4.69) is 45.6 Å². The SMILES string of the molecule is C=C(C(=O)O)[C@H]1C/C=C(\C)CC/C=C(\C)CC/C=C(\C)CC1. The van der Waals surface area contributed by atoms with Crippen LogP contribution in [0.1, 0.15) is 65.7 Å². The Bertz CT molecular complexity index is 492. The summed E-state index contributed by atoms with van der Waals surface area (Å²) in [5.41, 5.74) is 4.51. The molecule has 0 aromatic carbocycles. The lowest BCUT2D eigenvalue weighted by atomic mass is 9.89. The van der Waals surface area contributed by atoms with Gasteiger partial charge in [-0.05, 0) is 71.6 Å². The first-order valence-corrected chi connectivity index (χ1v) is 8.29. The molecule has 0 heterocycles. The number of carboxylic acids is 1. The Hall–Kier alpha value is -1.57. The molecule has 0 bridgehead atoms. The molecule has 0 aromatic rings. The second-order valence-electron chi connectivity index (χ2n) is 6.53. The van der Waals surface area contributed by atoms with Crippen LogP contribution in [0.5, 0.6) is 0 Å². The molecule has 122 valence electrons. The van der Waals surface area contributed by atoms with E-state index >= 15 is 0 Å². The van der Waals surface area contributed by atoms with Crippen molar-refractivity contribution in [2.24, 2.45) is 5.92 Å². The van der Waals surface area contributed by atoms with E-state index in [4.69, 9.17) is 0 Å². The minimum absolute atomic E-state index is 0.0380. The van der Waals surface area contributed by atoms with Crippen LogP contribution in [0.25, 0.3) is 0 Å². The standard InChI is InChI=1S/C20H30O2/c1-15-7-5-9-16(2)11-13-19(18(4)20(21)22)14-12-17(3)10-6-8-15/h7,10-11,19H,4-6,8-9,12-14H2,1-3H3,(H,21,22)/b15-7+,16-11+,17-10+/t19-/m0/s1. The molecule has 0 amide bonds. The summed E-state index contributed by atoms with van der Waals surface area (Å²) in [5.74, 6) is -0.826. The van der Waals surface area contributed by atoms with Gasteiger partial charge in [0.2, 0.25) is 0 Å². The molecule has 0 aromatic heterocycles. The Balaban J connectivity index is 2.87. The first kappa shape index (κ1) is 18.5. The third kappa shape index (κ3) is 6.93. The van der Waals surface area contributed by atoms with Crippen molar-refractivity contribution in [2.45, 2.75) is 65.7 Å². The molecule has 0 spiro atoms. The van der Waals surface area contributed by atoms with E-state index in [0.717, 1.165) is 44.9 Å². The highest BCUT2D eigenvalue weighted by Gasteiger charge is 2.17. The molecule has 0 aliphatic heterocycles. The molecular weight excluding hydrogens is 272 g/mol. The molecule has 2 heteroatoms. The smallest absolute Gasteiger partial charge is 0.331 e. The van der Waals surface area contributed by atoms with Gasteiger partial charge >= 0.3 is 5.97 Å². The quantitative estimate of drug-likeness (QED) is 0.515. The molecular formula is C20H30O2. The van der Waals surface area contributed by atoms with Crippen LogP contribution in [0.15, 0.2) is 47.1 Å². The molecule has 1 atom stereocenters. The third-order valence-electron chi connectivity index (χ3n) is 4.47. The van der Waals surface area contributed by atoms with Crippen LogP contribution < -0.4 is 0 Å². The van der Waals surface area contributed by atoms with E-state index in [1.54, 1.807) is 0 Å². The van der Waals surface area contributed by atoms with Gasteiger partial charge < -0.3 is 5.11 Å². The first-order valence-electron chi connectivity index (χ1n) is 8.29. The van der Waals surface area contributed by atoms with E-state index < -0.39 is 5.97 Å². The average Bonchev–Trinajstić information content (AvgIpc) is 2.45. The Morgan fingerprint density at radius 2 is 1.50 bits per heavy atom. The summed E-state index contributed by atoms with van der Waals surface area (Å²) in [6, 6.07) is 0. The van der Waals surface area contributed by atoms with Crippen LogP contribution in [0.3, 0.4) is 0 Å². The summed E-state index contributed by atoms with van der Waals surface area (Å²) in [5, 5.41) is 9.22. The van der Waals surface area contributed by atoms with Crippen LogP contribution in [-0.4, -0.2) is 11.1 Å². The minimum Gasteiger partial charge on any atom is -0.478 e. The van der Waals surface area contributed by atoms with Crippen LogP contribution in [-0.2, 0) is 4.79 Å². The fraction of sp³-hybridized carbons (Fsp3) is 0.550. The van der Waals surface area contributed by atoms with Crippen LogP contribution >= 0.6 is 0 Å². The van der Waals surface area contributed by atoms with Crippen LogP contribution in [0.2, 0.25) is 0 Å². The van der Waals surface area contributed by atoms with Crippen molar-refractivity contribution in [2.75, 3.05) is 0 Å². The second-order valence-corrected chi connectivity index (χ2v) is 6.53. The van der Waals surface area contributed by atoms with Crippen molar-refractivity contribution in [3.8, 4) is 0 Å². The zero-order valence-electron chi connectivity index (χ0n) is 14.3. The van der Waals surface area contributed by atoms with E-state index in [0.29, 0.717) is 5.57 Å². The lowest BCUT2D eigenvalue weighted by Gasteiger charge is -2.16. The van der Waals surface area contributed by atoms with Crippen molar-refractivity contribution >= 4 is 5.97 Å². The first-order chi connectivity index (χ1) is 10.4. The Kier molecular flexibility index (Phi) is 7.94. The molecule has 1 N–H and O–H groups in total. The van der Waals surface area contributed by atoms with E-state index in [1.165, 1.54) is 16.7 Å². The van der Waals surface area contributed by atoms with Gasteiger partial charge in [-0.3, -0.25) is 0 Å². The Morgan fingerprint density at radius 3 is 2.05 bits per heavy atom. The van der Waals surface area contributed by atoms with Crippen LogP contribution in [0.4, 0.5) is 0 Å². The maximum atomic E-state index is 11.2. The zero-order valence-corrected chi connectivity index (χ0v) is 14.3. The van der Waals surface area contributed by atoms with E-state index in [1.807, 2.05) is 0 Å². The summed E-state index contributed by atoms with van der Waals surface area (Å²) in [7, 11) is 0. The van der Waals surface area contributed by atoms with Gasteiger partial charge in [0, 0.05) is 5.57 Å². The van der Waals surface area contributed by atoms with Gasteiger partial charge in [-0.25, -0.2) is 4.79 Å². The predicted octanol–water partition coefficient (Wildman–Crippen LogP) is 5.83. The molecule has 1 rings (SSSR count). The number of aliphatic carboxylic acids is 1. The van der Waals surface area contributed by atoms with Crippen molar-refractivity contribution in [1.82, 2.24) is 0 Å². The minimum atomic E-state index is -0.864. The molecule has 2 nitrogen and oxygen atoms in total. The molecule has 0 fully saturated rings. The predicted molar refractivity (Wildman–Crippen MR) is 93.9 cm³/mol. The fourth-order valence-corrected chi connectivity index (χ4v) is 2.75. The molecule has 22 heavy (non-hydrogen) atoms. The molecule has 0 radical (unpaired) electrons. The Labute approximate surface area is 135 Å². The van der Waals surface area contributed by atoms with E-state index in [9.17, 15) is 9.90 Å². The summed E-state index contributed by atoms with van der Waals surface area (Å²) < 4.78 is 0. The van der Waals surface area contributed by atoms with Gasteiger partial charge in [0.05, 0.1) is 0 Å². The second kappa shape index (κ2) is 9.45. The maximum absolute atomic E-state index is 11.2.